The maximum atomic E-state index is 12.0. The minimum Gasteiger partial charge on any atom is -0.493 e. The molecule has 0 aromatic heterocycles. The smallest absolute Gasteiger partial charge is 0.234 e. The number of allylic oxidation sites excluding steroid dienone is 1. The highest BCUT2D eigenvalue weighted by Gasteiger charge is 2.53. The fourth-order valence-electron chi connectivity index (χ4n) is 3.19. The molecule has 2 aliphatic heterocycles. The van der Waals surface area contributed by atoms with Crippen LogP contribution in [0.2, 0.25) is 0 Å². The molecule has 1 saturated carbocycles. The van der Waals surface area contributed by atoms with Crippen molar-refractivity contribution in [3.8, 4) is 5.75 Å². The molecule has 1 aliphatic carbocycles. The van der Waals surface area contributed by atoms with E-state index in [9.17, 15) is 4.79 Å². The zero-order valence-electron chi connectivity index (χ0n) is 16.5. The highest BCUT2D eigenvalue weighted by molar-refractivity contribution is 8.02. The molecule has 2 fully saturated rings. The van der Waals surface area contributed by atoms with E-state index in [1.165, 1.54) is 5.56 Å². The van der Waals surface area contributed by atoms with Crippen molar-refractivity contribution >= 4 is 23.9 Å². The average molecular weight is 387 g/mol. The monoisotopic (exact) mass is 386 g/mol. The first-order chi connectivity index (χ1) is 13.1. The molecular formula is C22H30N2O2S. The number of hydrogen-bond acceptors (Lipinski definition) is 4. The standard InChI is InChI=1S/C20H24N2O2S.C2H6/c1-14-2-5-16(21-13-14)8-11-24-17-6-3-15(4-7-17)12-18-19(23)22-20(25-18)9-10-20;1-2/h3-7,13-14,18H,2,8-12H2,1H3,(H,22,23);1-2H3. The van der Waals surface area contributed by atoms with Gasteiger partial charge in [0, 0.05) is 18.3 Å². The number of hydrogen-bond donors (Lipinski definition) is 1. The van der Waals surface area contributed by atoms with E-state index in [0.717, 1.165) is 43.6 Å². The second kappa shape index (κ2) is 8.96. The van der Waals surface area contributed by atoms with Crippen LogP contribution in [0.15, 0.2) is 41.0 Å². The Kier molecular flexibility index (Phi) is 6.64. The Morgan fingerprint density at radius 3 is 2.59 bits per heavy atom. The molecule has 2 atom stereocenters. The Morgan fingerprint density at radius 1 is 1.26 bits per heavy atom. The molecule has 2 unspecified atom stereocenters. The number of rotatable bonds is 6. The Labute approximate surface area is 166 Å². The van der Waals surface area contributed by atoms with Gasteiger partial charge in [0.1, 0.15) is 5.75 Å². The van der Waals surface area contributed by atoms with Crippen molar-refractivity contribution in [3.05, 3.63) is 41.6 Å². The number of ether oxygens (including phenoxy) is 1. The summed E-state index contributed by atoms with van der Waals surface area (Å²) in [7, 11) is 0. The number of amides is 1. The van der Waals surface area contributed by atoms with E-state index < -0.39 is 0 Å². The molecule has 1 spiro atoms. The molecular weight excluding hydrogens is 356 g/mol. The number of carbonyl (C=O) groups is 1. The summed E-state index contributed by atoms with van der Waals surface area (Å²) >= 11 is 1.80. The molecule has 0 radical (unpaired) electrons. The lowest BCUT2D eigenvalue weighted by atomic mass is 10.1. The Morgan fingerprint density at radius 2 is 2.00 bits per heavy atom. The number of aliphatic imine (C=N–C) groups is 1. The molecule has 5 heteroatoms. The van der Waals surface area contributed by atoms with E-state index in [-0.39, 0.29) is 16.0 Å². The van der Waals surface area contributed by atoms with E-state index in [2.05, 4.69) is 35.4 Å². The molecule has 27 heavy (non-hydrogen) atoms. The van der Waals surface area contributed by atoms with Gasteiger partial charge in [-0.3, -0.25) is 9.79 Å². The summed E-state index contributed by atoms with van der Waals surface area (Å²) in [5.74, 6) is 1.62. The summed E-state index contributed by atoms with van der Waals surface area (Å²) in [6.07, 6.45) is 9.16. The first-order valence-corrected chi connectivity index (χ1v) is 10.9. The van der Waals surface area contributed by atoms with Crippen molar-refractivity contribution in [2.45, 2.75) is 63.0 Å². The molecule has 1 aromatic carbocycles. The predicted octanol–water partition coefficient (Wildman–Crippen LogP) is 4.74. The third-order valence-electron chi connectivity index (χ3n) is 4.91. The van der Waals surface area contributed by atoms with Crippen LogP contribution in [-0.2, 0) is 11.2 Å². The van der Waals surface area contributed by atoms with Gasteiger partial charge in [0.25, 0.3) is 0 Å². The fraction of sp³-hybridized carbons (Fsp3) is 0.545. The summed E-state index contributed by atoms with van der Waals surface area (Å²) in [4.78, 5) is 16.6. The number of nitrogens with zero attached hydrogens (tertiary/aromatic N) is 1. The van der Waals surface area contributed by atoms with Crippen molar-refractivity contribution in [3.63, 3.8) is 0 Å². The summed E-state index contributed by atoms with van der Waals surface area (Å²) in [6.45, 7) is 6.81. The number of thioether (sulfide) groups is 1. The Balaban J connectivity index is 0.00000102. The lowest BCUT2D eigenvalue weighted by Gasteiger charge is -2.12. The third-order valence-corrected chi connectivity index (χ3v) is 6.53. The zero-order valence-corrected chi connectivity index (χ0v) is 17.3. The normalized spacial score (nSPS) is 24.7. The first-order valence-electron chi connectivity index (χ1n) is 10.1. The van der Waals surface area contributed by atoms with Gasteiger partial charge >= 0.3 is 0 Å². The van der Waals surface area contributed by atoms with Crippen LogP contribution in [-0.4, -0.2) is 28.8 Å². The van der Waals surface area contributed by atoms with Crippen LogP contribution in [0.25, 0.3) is 0 Å². The maximum Gasteiger partial charge on any atom is 0.234 e. The summed E-state index contributed by atoms with van der Waals surface area (Å²) in [5.41, 5.74) is 2.30. The van der Waals surface area contributed by atoms with E-state index >= 15 is 0 Å². The minimum absolute atomic E-state index is 0.0489. The molecule has 146 valence electrons. The van der Waals surface area contributed by atoms with E-state index in [4.69, 9.17) is 4.74 Å². The lowest BCUT2D eigenvalue weighted by Crippen LogP contribution is -2.29. The van der Waals surface area contributed by atoms with Crippen LogP contribution in [0, 0.1) is 5.92 Å². The molecule has 0 bridgehead atoms. The van der Waals surface area contributed by atoms with Gasteiger partial charge in [-0.15, -0.1) is 11.8 Å². The van der Waals surface area contributed by atoms with Crippen molar-refractivity contribution in [2.75, 3.05) is 6.61 Å². The van der Waals surface area contributed by atoms with Crippen molar-refractivity contribution < 1.29 is 9.53 Å². The minimum atomic E-state index is 0.0489. The number of nitrogens with one attached hydrogen (secondary N) is 1. The molecule has 1 saturated heterocycles. The van der Waals surface area contributed by atoms with Crippen LogP contribution in [0.4, 0.5) is 0 Å². The van der Waals surface area contributed by atoms with Gasteiger partial charge in [-0.05, 0) is 49.3 Å². The number of benzene rings is 1. The number of carbonyl (C=O) groups excluding carboxylic acids is 1. The topological polar surface area (TPSA) is 50.7 Å². The third kappa shape index (κ3) is 5.38. The highest BCUT2D eigenvalue weighted by atomic mass is 32.2. The quantitative estimate of drug-likeness (QED) is 0.768. The first kappa shape index (κ1) is 20.0. The molecule has 4 nitrogen and oxygen atoms in total. The average Bonchev–Trinajstić information content (AvgIpc) is 3.37. The summed E-state index contributed by atoms with van der Waals surface area (Å²) in [5, 5.41) is 3.18. The lowest BCUT2D eigenvalue weighted by molar-refractivity contribution is -0.120. The molecule has 1 amide bonds. The summed E-state index contributed by atoms with van der Waals surface area (Å²) in [6, 6.07) is 8.14. The van der Waals surface area contributed by atoms with Gasteiger partial charge in [0.2, 0.25) is 5.91 Å². The Hall–Kier alpha value is -1.75. The van der Waals surface area contributed by atoms with Gasteiger partial charge in [0.05, 0.1) is 16.7 Å². The van der Waals surface area contributed by atoms with E-state index in [0.29, 0.717) is 12.5 Å². The van der Waals surface area contributed by atoms with Gasteiger partial charge in [-0.2, -0.15) is 0 Å². The van der Waals surface area contributed by atoms with Crippen molar-refractivity contribution in [1.29, 1.82) is 0 Å². The molecule has 1 N–H and O–H groups in total. The van der Waals surface area contributed by atoms with Crippen LogP contribution in [0.1, 0.15) is 52.0 Å². The molecule has 2 heterocycles. The van der Waals surface area contributed by atoms with Crippen molar-refractivity contribution in [1.82, 2.24) is 5.32 Å². The fourth-order valence-corrected chi connectivity index (χ4v) is 4.67. The van der Waals surface area contributed by atoms with E-state index in [1.807, 2.05) is 32.2 Å². The largest absolute Gasteiger partial charge is 0.493 e. The molecule has 4 rings (SSSR count). The second-order valence-corrected chi connectivity index (χ2v) is 8.81. The van der Waals surface area contributed by atoms with Crippen LogP contribution in [0.3, 0.4) is 0 Å². The van der Waals surface area contributed by atoms with E-state index in [1.54, 1.807) is 11.8 Å². The van der Waals surface area contributed by atoms with Gasteiger partial charge in [-0.25, -0.2) is 0 Å². The Bertz CT molecular complexity index is 708. The van der Waals surface area contributed by atoms with Gasteiger partial charge < -0.3 is 10.1 Å². The SMILES string of the molecule is CC.CC1C=NC(CCOc2ccc(CC3SC4(CC4)NC3=O)cc2)=CC1. The van der Waals surface area contributed by atoms with Gasteiger partial charge in [0.15, 0.2) is 0 Å². The summed E-state index contributed by atoms with van der Waals surface area (Å²) < 4.78 is 5.83. The van der Waals surface area contributed by atoms with Gasteiger partial charge in [-0.1, -0.05) is 39.0 Å². The van der Waals surface area contributed by atoms with Crippen LogP contribution < -0.4 is 10.1 Å². The predicted molar refractivity (Wildman–Crippen MR) is 113 cm³/mol. The van der Waals surface area contributed by atoms with Crippen molar-refractivity contribution in [2.24, 2.45) is 10.9 Å². The molecule has 3 aliphatic rings. The van der Waals surface area contributed by atoms with Crippen LogP contribution in [0.5, 0.6) is 5.75 Å². The zero-order chi connectivity index (χ0) is 19.3. The highest BCUT2D eigenvalue weighted by Crippen LogP contribution is 2.52. The maximum absolute atomic E-state index is 12.0. The molecule has 1 aromatic rings. The van der Waals surface area contributed by atoms with Crippen LogP contribution >= 0.6 is 11.8 Å². The second-order valence-electron chi connectivity index (χ2n) is 7.22.